The van der Waals surface area contributed by atoms with Crippen molar-refractivity contribution in [3.05, 3.63) is 29.8 Å². The van der Waals surface area contributed by atoms with Gasteiger partial charge in [0.2, 0.25) is 0 Å². The second kappa shape index (κ2) is 8.03. The van der Waals surface area contributed by atoms with Gasteiger partial charge in [0.25, 0.3) is 0 Å². The summed E-state index contributed by atoms with van der Waals surface area (Å²) in [7, 11) is 0. The normalized spacial score (nSPS) is 17.4. The van der Waals surface area contributed by atoms with E-state index in [4.69, 9.17) is 9.84 Å². The van der Waals surface area contributed by atoms with Gasteiger partial charge in [-0.2, -0.15) is 0 Å². The number of aliphatic carboxylic acids is 1. The molecular weight excluding hydrogens is 266 g/mol. The molecule has 0 amide bonds. The van der Waals surface area contributed by atoms with Crippen molar-refractivity contribution >= 4 is 5.97 Å². The lowest BCUT2D eigenvalue weighted by Gasteiger charge is -2.21. The maximum absolute atomic E-state index is 10.8. The zero-order valence-electron chi connectivity index (χ0n) is 12.7. The average molecular weight is 291 g/mol. The summed E-state index contributed by atoms with van der Waals surface area (Å²) in [6, 6.07) is 7.35. The highest BCUT2D eigenvalue weighted by atomic mass is 16.5. The molecule has 0 bridgehead atoms. The van der Waals surface area contributed by atoms with Gasteiger partial charge < -0.3 is 15.2 Å². The number of carbonyl (C=O) groups is 1. The van der Waals surface area contributed by atoms with Gasteiger partial charge in [0.1, 0.15) is 11.8 Å². The first-order valence-corrected chi connectivity index (χ1v) is 7.83. The third-order valence-corrected chi connectivity index (χ3v) is 4.09. The van der Waals surface area contributed by atoms with E-state index in [0.29, 0.717) is 12.5 Å². The standard InChI is InChI=1S/C17H25NO3/c1-13(17(19)20)18-11-15-8-5-9-16(10-15)21-12-14-6-3-2-4-7-14/h5,8-10,13-14,18H,2-4,6-7,11-12H2,1H3,(H,19,20). The van der Waals surface area contributed by atoms with Crippen LogP contribution in [0.1, 0.15) is 44.6 Å². The Morgan fingerprint density at radius 1 is 1.38 bits per heavy atom. The van der Waals surface area contributed by atoms with Crippen LogP contribution in [0.4, 0.5) is 0 Å². The van der Waals surface area contributed by atoms with Crippen LogP contribution in [0.3, 0.4) is 0 Å². The highest BCUT2D eigenvalue weighted by Gasteiger charge is 2.14. The number of ether oxygens (including phenoxy) is 1. The molecular formula is C17H25NO3. The third-order valence-electron chi connectivity index (χ3n) is 4.09. The number of carboxylic acid groups (broad SMARTS) is 1. The van der Waals surface area contributed by atoms with Crippen molar-refractivity contribution in [3.63, 3.8) is 0 Å². The predicted octanol–water partition coefficient (Wildman–Crippen LogP) is 3.21. The maximum atomic E-state index is 10.8. The summed E-state index contributed by atoms with van der Waals surface area (Å²) in [5.74, 6) is 0.732. The van der Waals surface area contributed by atoms with Crippen LogP contribution in [0.2, 0.25) is 0 Å². The summed E-state index contributed by atoms with van der Waals surface area (Å²) in [5, 5.41) is 11.8. The molecule has 0 heterocycles. The van der Waals surface area contributed by atoms with Gasteiger partial charge in [-0.1, -0.05) is 31.4 Å². The summed E-state index contributed by atoms with van der Waals surface area (Å²) in [4.78, 5) is 10.8. The van der Waals surface area contributed by atoms with E-state index in [0.717, 1.165) is 17.9 Å². The maximum Gasteiger partial charge on any atom is 0.320 e. The second-order valence-corrected chi connectivity index (χ2v) is 5.90. The van der Waals surface area contributed by atoms with Gasteiger partial charge in [0.15, 0.2) is 0 Å². The Hall–Kier alpha value is -1.55. The minimum atomic E-state index is -0.834. The molecule has 1 aromatic rings. The van der Waals surface area contributed by atoms with Crippen molar-refractivity contribution < 1.29 is 14.6 Å². The zero-order valence-corrected chi connectivity index (χ0v) is 12.7. The molecule has 4 heteroatoms. The number of benzene rings is 1. The Bertz CT molecular complexity index is 455. The molecule has 0 spiro atoms. The Labute approximate surface area is 126 Å². The molecule has 4 nitrogen and oxygen atoms in total. The number of hydrogen-bond acceptors (Lipinski definition) is 3. The number of rotatable bonds is 7. The summed E-state index contributed by atoms with van der Waals surface area (Å²) in [5.41, 5.74) is 1.05. The van der Waals surface area contributed by atoms with E-state index in [2.05, 4.69) is 5.32 Å². The summed E-state index contributed by atoms with van der Waals surface area (Å²) in [6.07, 6.45) is 6.56. The molecule has 1 fully saturated rings. The first kappa shape index (κ1) is 15.8. The van der Waals surface area contributed by atoms with Crippen molar-refractivity contribution in [2.45, 2.75) is 51.6 Å². The first-order chi connectivity index (χ1) is 10.1. The van der Waals surface area contributed by atoms with Crippen LogP contribution >= 0.6 is 0 Å². The van der Waals surface area contributed by atoms with Gasteiger partial charge >= 0.3 is 5.97 Å². The molecule has 1 saturated carbocycles. The van der Waals surface area contributed by atoms with Crippen LogP contribution in [0.15, 0.2) is 24.3 Å². The topological polar surface area (TPSA) is 58.6 Å². The lowest BCUT2D eigenvalue weighted by molar-refractivity contribution is -0.139. The molecule has 0 radical (unpaired) electrons. The molecule has 2 rings (SSSR count). The van der Waals surface area contributed by atoms with Crippen molar-refractivity contribution in [3.8, 4) is 5.75 Å². The Kier molecular flexibility index (Phi) is 6.05. The lowest BCUT2D eigenvalue weighted by atomic mass is 9.90. The van der Waals surface area contributed by atoms with Crippen molar-refractivity contribution in [1.29, 1.82) is 0 Å². The molecule has 21 heavy (non-hydrogen) atoms. The number of carboxylic acids is 1. The monoisotopic (exact) mass is 291 g/mol. The van der Waals surface area contributed by atoms with Gasteiger partial charge in [-0.25, -0.2) is 0 Å². The van der Waals surface area contributed by atoms with E-state index in [9.17, 15) is 4.79 Å². The summed E-state index contributed by atoms with van der Waals surface area (Å²) < 4.78 is 5.90. The molecule has 1 aliphatic rings. The average Bonchev–Trinajstić information content (AvgIpc) is 2.52. The highest BCUT2D eigenvalue weighted by Crippen LogP contribution is 2.24. The number of hydrogen-bond donors (Lipinski definition) is 2. The molecule has 1 atom stereocenters. The summed E-state index contributed by atoms with van der Waals surface area (Å²) >= 11 is 0. The Morgan fingerprint density at radius 2 is 2.14 bits per heavy atom. The van der Waals surface area contributed by atoms with Crippen LogP contribution < -0.4 is 10.1 Å². The SMILES string of the molecule is CC(NCc1cccc(OCC2CCCCC2)c1)C(=O)O. The van der Waals surface area contributed by atoms with Gasteiger partial charge in [0.05, 0.1) is 6.61 Å². The first-order valence-electron chi connectivity index (χ1n) is 7.83. The number of nitrogens with one attached hydrogen (secondary N) is 1. The Morgan fingerprint density at radius 3 is 2.86 bits per heavy atom. The van der Waals surface area contributed by atoms with E-state index in [1.54, 1.807) is 6.92 Å². The van der Waals surface area contributed by atoms with E-state index in [1.807, 2.05) is 24.3 Å². The molecule has 0 saturated heterocycles. The van der Waals surface area contributed by atoms with Crippen LogP contribution in [-0.2, 0) is 11.3 Å². The molecule has 1 aliphatic carbocycles. The van der Waals surface area contributed by atoms with E-state index >= 15 is 0 Å². The fourth-order valence-electron chi connectivity index (χ4n) is 2.67. The second-order valence-electron chi connectivity index (χ2n) is 5.90. The van der Waals surface area contributed by atoms with Crippen molar-refractivity contribution in [1.82, 2.24) is 5.32 Å². The minimum absolute atomic E-state index is 0.536. The van der Waals surface area contributed by atoms with Gasteiger partial charge in [-0.3, -0.25) is 4.79 Å². The lowest BCUT2D eigenvalue weighted by Crippen LogP contribution is -2.33. The molecule has 116 valence electrons. The van der Waals surface area contributed by atoms with E-state index in [1.165, 1.54) is 32.1 Å². The Balaban J connectivity index is 1.81. The van der Waals surface area contributed by atoms with Gasteiger partial charge in [-0.05, 0) is 43.4 Å². The van der Waals surface area contributed by atoms with Gasteiger partial charge in [-0.15, -0.1) is 0 Å². The molecule has 2 N–H and O–H groups in total. The minimum Gasteiger partial charge on any atom is -0.493 e. The molecule has 1 aromatic carbocycles. The molecule has 1 unspecified atom stereocenters. The van der Waals surface area contributed by atoms with Gasteiger partial charge in [0, 0.05) is 6.54 Å². The third kappa shape index (κ3) is 5.38. The van der Waals surface area contributed by atoms with Crippen molar-refractivity contribution in [2.75, 3.05) is 6.61 Å². The highest BCUT2D eigenvalue weighted by molar-refractivity contribution is 5.72. The van der Waals surface area contributed by atoms with Crippen molar-refractivity contribution in [2.24, 2.45) is 5.92 Å². The fraction of sp³-hybridized carbons (Fsp3) is 0.588. The molecule has 0 aliphatic heterocycles. The van der Waals surface area contributed by atoms with Crippen LogP contribution in [0, 0.1) is 5.92 Å². The van der Waals surface area contributed by atoms with Crippen LogP contribution in [0.25, 0.3) is 0 Å². The zero-order chi connectivity index (χ0) is 15.1. The van der Waals surface area contributed by atoms with Crippen LogP contribution in [-0.4, -0.2) is 23.7 Å². The quantitative estimate of drug-likeness (QED) is 0.810. The van der Waals surface area contributed by atoms with E-state index in [-0.39, 0.29) is 0 Å². The predicted molar refractivity (Wildman–Crippen MR) is 82.4 cm³/mol. The van der Waals surface area contributed by atoms with Crippen LogP contribution in [0.5, 0.6) is 5.75 Å². The molecule has 0 aromatic heterocycles. The fourth-order valence-corrected chi connectivity index (χ4v) is 2.67. The van der Waals surface area contributed by atoms with E-state index < -0.39 is 12.0 Å². The largest absolute Gasteiger partial charge is 0.493 e. The summed E-state index contributed by atoms with van der Waals surface area (Å²) in [6.45, 7) is 2.97. The smallest absolute Gasteiger partial charge is 0.320 e.